The summed E-state index contributed by atoms with van der Waals surface area (Å²) in [7, 11) is 0. The molecule has 1 fully saturated rings. The van der Waals surface area contributed by atoms with Crippen LogP contribution in [0, 0.1) is 11.6 Å². The molecule has 0 radical (unpaired) electrons. The van der Waals surface area contributed by atoms with Gasteiger partial charge in [-0.15, -0.1) is 0 Å². The molecule has 0 bridgehead atoms. The lowest BCUT2D eigenvalue weighted by Gasteiger charge is -2.44. The van der Waals surface area contributed by atoms with Crippen LogP contribution < -0.4 is 10.6 Å². The molecule has 1 aliphatic heterocycles. The van der Waals surface area contributed by atoms with Crippen LogP contribution in [0.25, 0.3) is 0 Å². The number of hydrogen-bond donors (Lipinski definition) is 2. The van der Waals surface area contributed by atoms with Crippen molar-refractivity contribution in [1.29, 1.82) is 0 Å². The number of fused-ring (bicyclic) bond motifs is 1. The number of anilines is 2. The van der Waals surface area contributed by atoms with Crippen molar-refractivity contribution in [1.82, 2.24) is 0 Å². The Morgan fingerprint density at radius 1 is 0.963 bits per heavy atom. The Morgan fingerprint density at radius 3 is 2.37 bits per heavy atom. The molecule has 1 spiro atoms. The zero-order chi connectivity index (χ0) is 19.0. The van der Waals surface area contributed by atoms with Crippen LogP contribution in [-0.4, -0.2) is 11.4 Å². The number of nitrogens with one attached hydrogen (secondary N) is 2. The number of nitrogens with zero attached hydrogens (tertiary/aromatic N) is 1. The lowest BCUT2D eigenvalue weighted by Crippen LogP contribution is -2.53. The minimum atomic E-state index is -0.592. The maximum absolute atomic E-state index is 14.0. The molecule has 1 aliphatic carbocycles. The van der Waals surface area contributed by atoms with Gasteiger partial charge in [0.15, 0.2) is 0 Å². The third-order valence-corrected chi connectivity index (χ3v) is 5.99. The summed E-state index contributed by atoms with van der Waals surface area (Å²) in [6, 6.07) is 7.14. The molecule has 2 aliphatic rings. The number of benzene rings is 2. The second-order valence-electron chi connectivity index (χ2n) is 7.11. The maximum Gasteiger partial charge on any atom is 0.131 e. The van der Waals surface area contributed by atoms with E-state index >= 15 is 0 Å². The van der Waals surface area contributed by atoms with E-state index in [0.717, 1.165) is 49.0 Å². The molecule has 2 N–H and O–H groups in total. The van der Waals surface area contributed by atoms with Crippen LogP contribution in [0.15, 0.2) is 35.3 Å². The molecule has 2 aromatic rings. The highest BCUT2D eigenvalue weighted by molar-refractivity contribution is 6.42. The second kappa shape index (κ2) is 7.28. The largest absolute Gasteiger partial charge is 0.371 e. The third-order valence-electron chi connectivity index (χ3n) is 5.27. The summed E-state index contributed by atoms with van der Waals surface area (Å²) in [4.78, 5) is 4.68. The fourth-order valence-corrected chi connectivity index (χ4v) is 4.17. The predicted molar refractivity (Wildman–Crippen MR) is 107 cm³/mol. The van der Waals surface area contributed by atoms with E-state index in [2.05, 4.69) is 15.6 Å². The molecule has 142 valence electrons. The van der Waals surface area contributed by atoms with Crippen molar-refractivity contribution in [3.8, 4) is 0 Å². The molecular formula is C20H19Cl2F2N3. The Balaban J connectivity index is 1.70. The summed E-state index contributed by atoms with van der Waals surface area (Å²) in [6.07, 6.45) is 5.18. The number of rotatable bonds is 2. The monoisotopic (exact) mass is 409 g/mol. The van der Waals surface area contributed by atoms with Crippen molar-refractivity contribution in [2.45, 2.75) is 44.2 Å². The molecule has 2 aromatic carbocycles. The van der Waals surface area contributed by atoms with Crippen molar-refractivity contribution in [3.05, 3.63) is 57.6 Å². The lowest BCUT2D eigenvalue weighted by molar-refractivity contribution is 0.402. The van der Waals surface area contributed by atoms with Gasteiger partial charge in [-0.2, -0.15) is 0 Å². The van der Waals surface area contributed by atoms with E-state index in [1.54, 1.807) is 6.07 Å². The smallest absolute Gasteiger partial charge is 0.131 e. The highest BCUT2D eigenvalue weighted by Crippen LogP contribution is 2.42. The molecule has 3 nitrogen and oxygen atoms in total. The van der Waals surface area contributed by atoms with Crippen LogP contribution in [0.5, 0.6) is 0 Å². The van der Waals surface area contributed by atoms with Gasteiger partial charge < -0.3 is 10.6 Å². The van der Waals surface area contributed by atoms with Crippen LogP contribution in [0.3, 0.4) is 0 Å². The van der Waals surface area contributed by atoms with Crippen LogP contribution in [0.1, 0.15) is 37.7 Å². The van der Waals surface area contributed by atoms with Gasteiger partial charge in [-0.05, 0) is 31.0 Å². The molecule has 4 rings (SSSR count). The summed E-state index contributed by atoms with van der Waals surface area (Å²) in [5, 5.41) is 7.92. The van der Waals surface area contributed by atoms with E-state index in [9.17, 15) is 8.78 Å². The molecule has 27 heavy (non-hydrogen) atoms. The van der Waals surface area contributed by atoms with E-state index in [1.807, 2.05) is 6.07 Å². The van der Waals surface area contributed by atoms with Crippen LogP contribution in [0.2, 0.25) is 10.0 Å². The quantitative estimate of drug-likeness (QED) is 0.600. The van der Waals surface area contributed by atoms with E-state index in [1.165, 1.54) is 18.6 Å². The van der Waals surface area contributed by atoms with Crippen molar-refractivity contribution >= 4 is 40.4 Å². The molecule has 0 amide bonds. The summed E-state index contributed by atoms with van der Waals surface area (Å²) in [5.41, 5.74) is 1.70. The topological polar surface area (TPSA) is 36.4 Å². The van der Waals surface area contributed by atoms with E-state index in [-0.39, 0.29) is 12.1 Å². The average molecular weight is 410 g/mol. The van der Waals surface area contributed by atoms with Gasteiger partial charge in [0.05, 0.1) is 33.5 Å². The van der Waals surface area contributed by atoms with Gasteiger partial charge in [-0.1, -0.05) is 48.5 Å². The average Bonchev–Trinajstić information content (AvgIpc) is 2.64. The van der Waals surface area contributed by atoms with Gasteiger partial charge >= 0.3 is 0 Å². The highest BCUT2D eigenvalue weighted by atomic mass is 35.5. The third kappa shape index (κ3) is 3.63. The minimum Gasteiger partial charge on any atom is -0.371 e. The van der Waals surface area contributed by atoms with Gasteiger partial charge in [0.1, 0.15) is 17.5 Å². The SMILES string of the molecule is Fc1ccc(CN=C2Nc3cc(Cl)c(Cl)cc3NC23CCCCC3)c(F)c1. The van der Waals surface area contributed by atoms with Crippen molar-refractivity contribution < 1.29 is 8.78 Å². The normalized spacial score (nSPS) is 19.5. The molecule has 0 unspecified atom stereocenters. The molecule has 0 aromatic heterocycles. The first kappa shape index (κ1) is 18.5. The van der Waals surface area contributed by atoms with Crippen LogP contribution in [0.4, 0.5) is 20.2 Å². The predicted octanol–water partition coefficient (Wildman–Crippen LogP) is 6.41. The highest BCUT2D eigenvalue weighted by Gasteiger charge is 2.41. The fraction of sp³-hybridized carbons (Fsp3) is 0.350. The molecule has 7 heteroatoms. The zero-order valence-electron chi connectivity index (χ0n) is 14.6. The number of halogens is 4. The number of aliphatic imine (C=N–C) groups is 1. The number of hydrogen-bond acceptors (Lipinski definition) is 2. The van der Waals surface area contributed by atoms with E-state index < -0.39 is 11.6 Å². The number of amidine groups is 1. The molecule has 0 atom stereocenters. The van der Waals surface area contributed by atoms with Crippen molar-refractivity contribution in [2.75, 3.05) is 10.6 Å². The van der Waals surface area contributed by atoms with Crippen LogP contribution >= 0.6 is 23.2 Å². The molecule has 0 saturated heterocycles. The first-order valence-corrected chi connectivity index (χ1v) is 9.76. The van der Waals surface area contributed by atoms with E-state index in [4.69, 9.17) is 23.2 Å². The Bertz CT molecular complexity index is 908. The van der Waals surface area contributed by atoms with E-state index in [0.29, 0.717) is 15.6 Å². The summed E-state index contributed by atoms with van der Waals surface area (Å²) < 4.78 is 27.1. The Morgan fingerprint density at radius 2 is 1.67 bits per heavy atom. The first-order chi connectivity index (χ1) is 13.0. The van der Waals surface area contributed by atoms with Gasteiger partial charge in [-0.3, -0.25) is 4.99 Å². The summed E-state index contributed by atoms with van der Waals surface area (Å²) in [5.74, 6) is -0.418. The molecule has 1 saturated carbocycles. The van der Waals surface area contributed by atoms with Gasteiger partial charge in [0.25, 0.3) is 0 Å². The molecule has 1 heterocycles. The van der Waals surface area contributed by atoms with Gasteiger partial charge in [0.2, 0.25) is 0 Å². The van der Waals surface area contributed by atoms with Crippen LogP contribution in [-0.2, 0) is 6.54 Å². The molecular weight excluding hydrogens is 391 g/mol. The Hall–Kier alpha value is -1.85. The summed E-state index contributed by atoms with van der Waals surface area (Å²) in [6.45, 7) is 0.133. The van der Waals surface area contributed by atoms with Crippen molar-refractivity contribution in [2.24, 2.45) is 4.99 Å². The fourth-order valence-electron chi connectivity index (χ4n) is 3.84. The lowest BCUT2D eigenvalue weighted by atomic mass is 9.79. The Labute approximate surface area is 166 Å². The van der Waals surface area contributed by atoms with Crippen molar-refractivity contribution in [3.63, 3.8) is 0 Å². The zero-order valence-corrected chi connectivity index (χ0v) is 16.1. The maximum atomic E-state index is 14.0. The first-order valence-electron chi connectivity index (χ1n) is 9.00. The van der Waals surface area contributed by atoms with Gasteiger partial charge in [0, 0.05) is 11.6 Å². The summed E-state index contributed by atoms with van der Waals surface area (Å²) >= 11 is 12.3. The second-order valence-corrected chi connectivity index (χ2v) is 7.92. The van der Waals surface area contributed by atoms with Gasteiger partial charge in [-0.25, -0.2) is 8.78 Å². The Kier molecular flexibility index (Phi) is 4.99. The minimum absolute atomic E-state index is 0.133. The standard InChI is InChI=1S/C20H19Cl2F2N3/c21-14-9-17-18(10-15(14)22)27-20(6-2-1-3-7-20)19(26-17)25-11-12-4-5-13(23)8-16(12)24/h4-5,8-10,27H,1-3,6-7,11H2,(H,25,26).